The molecule has 0 aliphatic carbocycles. The molecule has 2 radical (unpaired) electrons. The van der Waals surface area contributed by atoms with Gasteiger partial charge in [-0.2, -0.15) is 0 Å². The summed E-state index contributed by atoms with van der Waals surface area (Å²) in [6.45, 7) is 3.03. The Labute approximate surface area is 88.3 Å². The molecule has 0 spiro atoms. The molecule has 14 heavy (non-hydrogen) atoms. The molecule has 0 fully saturated rings. The number of hydrogen-bond donors (Lipinski definition) is 0. The van der Waals surface area contributed by atoms with Crippen molar-refractivity contribution in [1.82, 2.24) is 4.90 Å². The van der Waals surface area contributed by atoms with Crippen LogP contribution in [0.25, 0.3) is 0 Å². The molecule has 0 N–H and O–H groups in total. The smallest absolute Gasteiger partial charge is 0.218 e. The van der Waals surface area contributed by atoms with Gasteiger partial charge in [0.15, 0.2) is 0 Å². The van der Waals surface area contributed by atoms with E-state index < -0.39 is 0 Å². The highest BCUT2D eigenvalue weighted by molar-refractivity contribution is 6.05. The van der Waals surface area contributed by atoms with Gasteiger partial charge in [0.1, 0.15) is 0 Å². The van der Waals surface area contributed by atoms with Crippen LogP contribution in [0.15, 0.2) is 36.4 Å². The van der Waals surface area contributed by atoms with Crippen LogP contribution in [0.5, 0.6) is 0 Å². The van der Waals surface area contributed by atoms with E-state index in [-0.39, 0.29) is 5.91 Å². The van der Waals surface area contributed by atoms with Gasteiger partial charge < -0.3 is 4.90 Å². The molecule has 2 nitrogen and oxygen atoms in total. The summed E-state index contributed by atoms with van der Waals surface area (Å²) in [5.41, 5.74) is 0. The first-order valence-corrected chi connectivity index (χ1v) is 4.40. The molecule has 0 saturated heterocycles. The van der Waals surface area contributed by atoms with E-state index in [9.17, 15) is 4.79 Å². The van der Waals surface area contributed by atoms with E-state index >= 15 is 0 Å². The molecule has 0 heterocycles. The molecule has 3 heteroatoms. The number of amides is 1. The Morgan fingerprint density at radius 2 is 1.07 bits per heavy atom. The fraction of sp³-hybridized carbons (Fsp3) is 0.364. The lowest BCUT2D eigenvalue weighted by Gasteiger charge is -2.02. The molecule has 1 rings (SSSR count). The second-order valence-corrected chi connectivity index (χ2v) is 2.57. The molecule has 0 unspecified atom stereocenters. The molecule has 1 aromatic carbocycles. The predicted octanol–water partition coefficient (Wildman–Crippen LogP) is 1.98. The van der Waals surface area contributed by atoms with Crippen LogP contribution in [0.3, 0.4) is 0 Å². The Bertz CT molecular complexity index is 185. The highest BCUT2D eigenvalue weighted by Crippen LogP contribution is 1.79. The highest BCUT2D eigenvalue weighted by atomic mass is 16.2. The average molecular weight is 191 g/mol. The van der Waals surface area contributed by atoms with Crippen LogP contribution >= 0.6 is 0 Å². The average Bonchev–Trinajstić information content (AvgIpc) is 2.24. The first kappa shape index (κ1) is 15.2. The second-order valence-electron chi connectivity index (χ2n) is 2.57. The summed E-state index contributed by atoms with van der Waals surface area (Å²) in [6, 6.07) is 12.0. The molecule has 0 aliphatic heterocycles. The van der Waals surface area contributed by atoms with Crippen LogP contribution in [-0.2, 0) is 4.79 Å². The summed E-state index contributed by atoms with van der Waals surface area (Å²) in [7, 11) is 7.95. The van der Waals surface area contributed by atoms with Crippen LogP contribution in [-0.4, -0.2) is 32.7 Å². The van der Waals surface area contributed by atoms with Crippen LogP contribution in [0.4, 0.5) is 0 Å². The van der Waals surface area contributed by atoms with Crippen LogP contribution in [0, 0.1) is 0 Å². The molecule has 76 valence electrons. The maximum absolute atomic E-state index is 10.1. The summed E-state index contributed by atoms with van der Waals surface area (Å²) in [5, 5.41) is 0. The fourth-order valence-corrected chi connectivity index (χ4v) is 0.385. The van der Waals surface area contributed by atoms with E-state index in [2.05, 4.69) is 7.85 Å². The quantitative estimate of drug-likeness (QED) is 0.574. The lowest BCUT2D eigenvalue weighted by Crippen LogP contribution is -2.17. The summed E-state index contributed by atoms with van der Waals surface area (Å²) in [5.74, 6) is 0.0926. The zero-order valence-corrected chi connectivity index (χ0v) is 9.40. The van der Waals surface area contributed by atoms with Crippen molar-refractivity contribution in [3.63, 3.8) is 0 Å². The van der Waals surface area contributed by atoms with Crippen LogP contribution in [0.1, 0.15) is 6.92 Å². The molecule has 0 aromatic heterocycles. The van der Waals surface area contributed by atoms with E-state index in [4.69, 9.17) is 0 Å². The van der Waals surface area contributed by atoms with Crippen LogP contribution < -0.4 is 0 Å². The van der Waals surface area contributed by atoms with Gasteiger partial charge in [-0.05, 0) is 0 Å². The number of carbonyl (C=O) groups is 1. The minimum atomic E-state index is 0.0926. The third-order valence-corrected chi connectivity index (χ3v) is 1.30. The molecule has 0 saturated carbocycles. The lowest BCUT2D eigenvalue weighted by atomic mass is 10.2. The van der Waals surface area contributed by atoms with Crippen LogP contribution in [0.2, 0.25) is 6.82 Å². The Hall–Kier alpha value is -1.25. The molecule has 0 bridgehead atoms. The van der Waals surface area contributed by atoms with Crippen molar-refractivity contribution in [3.05, 3.63) is 36.4 Å². The van der Waals surface area contributed by atoms with Gasteiger partial charge in [0.25, 0.3) is 0 Å². The Morgan fingerprint density at radius 3 is 1.14 bits per heavy atom. The van der Waals surface area contributed by atoms with Gasteiger partial charge >= 0.3 is 0 Å². The van der Waals surface area contributed by atoms with E-state index in [1.165, 1.54) is 18.6 Å². The third-order valence-electron chi connectivity index (χ3n) is 1.30. The predicted molar refractivity (Wildman–Crippen MR) is 62.4 cm³/mol. The summed E-state index contributed by atoms with van der Waals surface area (Å²) in [6.07, 6.45) is 0. The summed E-state index contributed by atoms with van der Waals surface area (Å²) < 4.78 is 0. The Balaban J connectivity index is 0. The first-order chi connectivity index (χ1) is 6.64. The van der Waals surface area contributed by atoms with E-state index in [1.807, 2.05) is 36.4 Å². The van der Waals surface area contributed by atoms with E-state index in [1.54, 1.807) is 14.1 Å². The zero-order chi connectivity index (χ0) is 11.4. The van der Waals surface area contributed by atoms with Crippen molar-refractivity contribution in [2.45, 2.75) is 13.7 Å². The number of rotatable bonds is 0. The van der Waals surface area contributed by atoms with Gasteiger partial charge in [0, 0.05) is 21.0 Å². The Morgan fingerprint density at radius 1 is 0.929 bits per heavy atom. The summed E-state index contributed by atoms with van der Waals surface area (Å²) in [4.78, 5) is 11.6. The highest BCUT2D eigenvalue weighted by Gasteiger charge is 1.87. The normalized spacial score (nSPS) is 7.14. The van der Waals surface area contributed by atoms with E-state index in [0.29, 0.717) is 0 Å². The topological polar surface area (TPSA) is 20.3 Å². The third kappa shape index (κ3) is 13.4. The number of benzene rings is 1. The lowest BCUT2D eigenvalue weighted by molar-refractivity contribution is -0.126. The van der Waals surface area contributed by atoms with Gasteiger partial charge in [0.05, 0.1) is 7.85 Å². The van der Waals surface area contributed by atoms with E-state index in [0.717, 1.165) is 0 Å². The molecule has 0 aliphatic rings. The van der Waals surface area contributed by atoms with Crippen molar-refractivity contribution in [3.8, 4) is 0 Å². The number of carbonyl (C=O) groups excluding carboxylic acids is 1. The molecule has 0 atom stereocenters. The number of nitrogens with zero attached hydrogens (tertiary/aromatic N) is 1. The standard InChI is InChI=1S/C6H6.C4H9NO.CH3B/c1-2-4-6-5-3-1;1-4(6)5(2)3;1-2/h1-6H;1-3H3;1H3. The molecule has 1 aromatic rings. The van der Waals surface area contributed by atoms with Gasteiger partial charge in [0.2, 0.25) is 5.91 Å². The zero-order valence-electron chi connectivity index (χ0n) is 9.40. The largest absolute Gasteiger partial charge is 0.349 e. The molecular weight excluding hydrogens is 173 g/mol. The van der Waals surface area contributed by atoms with Crippen molar-refractivity contribution < 1.29 is 4.79 Å². The van der Waals surface area contributed by atoms with Crippen molar-refractivity contribution >= 4 is 13.8 Å². The second kappa shape index (κ2) is 11.8. The monoisotopic (exact) mass is 191 g/mol. The van der Waals surface area contributed by atoms with Gasteiger partial charge in [-0.25, -0.2) is 0 Å². The van der Waals surface area contributed by atoms with Crippen molar-refractivity contribution in [2.24, 2.45) is 0 Å². The Kier molecular flexibility index (Phi) is 12.8. The van der Waals surface area contributed by atoms with Gasteiger partial charge in [-0.3, -0.25) is 4.79 Å². The van der Waals surface area contributed by atoms with Gasteiger partial charge in [-0.1, -0.05) is 43.2 Å². The van der Waals surface area contributed by atoms with Gasteiger partial charge in [-0.15, -0.1) is 0 Å². The molecular formula is C11H18BNO. The van der Waals surface area contributed by atoms with Crippen molar-refractivity contribution in [2.75, 3.05) is 14.1 Å². The number of hydrogen-bond acceptors (Lipinski definition) is 1. The summed E-state index contributed by atoms with van der Waals surface area (Å²) >= 11 is 0. The molecule has 1 amide bonds. The maximum atomic E-state index is 10.1. The maximum Gasteiger partial charge on any atom is 0.218 e. The first-order valence-electron chi connectivity index (χ1n) is 4.40. The minimum absolute atomic E-state index is 0.0926. The fourth-order valence-electron chi connectivity index (χ4n) is 0.385. The SMILES string of the molecule is CC(=O)N(C)C.[B]C.c1ccccc1. The van der Waals surface area contributed by atoms with Crippen molar-refractivity contribution in [1.29, 1.82) is 0 Å². The minimum Gasteiger partial charge on any atom is -0.349 e.